The SMILES string of the molecule is CC(C)(C)OC(=O)NCc1ccc(C(=O)NCc2cccnc2)cc1. The van der Waals surface area contributed by atoms with Crippen molar-refractivity contribution >= 4 is 12.0 Å². The highest BCUT2D eigenvalue weighted by Crippen LogP contribution is 2.08. The largest absolute Gasteiger partial charge is 0.444 e. The van der Waals surface area contributed by atoms with Gasteiger partial charge in [-0.15, -0.1) is 0 Å². The molecule has 0 saturated heterocycles. The van der Waals surface area contributed by atoms with Crippen molar-refractivity contribution in [2.75, 3.05) is 0 Å². The zero-order valence-corrected chi connectivity index (χ0v) is 14.7. The molecule has 2 rings (SSSR count). The average Bonchev–Trinajstić information content (AvgIpc) is 2.58. The van der Waals surface area contributed by atoms with Crippen molar-refractivity contribution < 1.29 is 14.3 Å². The molecule has 2 N–H and O–H groups in total. The molecule has 0 spiro atoms. The normalized spacial score (nSPS) is 10.8. The number of nitrogens with one attached hydrogen (secondary N) is 2. The lowest BCUT2D eigenvalue weighted by Crippen LogP contribution is -2.32. The molecule has 2 aromatic rings. The van der Waals surface area contributed by atoms with Crippen molar-refractivity contribution in [2.45, 2.75) is 39.5 Å². The van der Waals surface area contributed by atoms with E-state index < -0.39 is 11.7 Å². The number of ether oxygens (including phenoxy) is 1. The number of hydrogen-bond acceptors (Lipinski definition) is 4. The van der Waals surface area contributed by atoms with Crippen LogP contribution in [0.3, 0.4) is 0 Å². The van der Waals surface area contributed by atoms with Crippen LogP contribution in [0.25, 0.3) is 0 Å². The van der Waals surface area contributed by atoms with Gasteiger partial charge in [-0.3, -0.25) is 9.78 Å². The Morgan fingerprint density at radius 1 is 1.00 bits per heavy atom. The maximum Gasteiger partial charge on any atom is 0.407 e. The van der Waals surface area contributed by atoms with Crippen LogP contribution in [0.5, 0.6) is 0 Å². The van der Waals surface area contributed by atoms with Crippen LogP contribution in [-0.2, 0) is 17.8 Å². The molecule has 0 bridgehead atoms. The highest BCUT2D eigenvalue weighted by atomic mass is 16.6. The quantitative estimate of drug-likeness (QED) is 0.876. The van der Waals surface area contributed by atoms with E-state index in [9.17, 15) is 9.59 Å². The summed E-state index contributed by atoms with van der Waals surface area (Å²) in [5.41, 5.74) is 1.86. The Morgan fingerprint density at radius 3 is 2.28 bits per heavy atom. The third-order valence-electron chi connectivity index (χ3n) is 3.23. The summed E-state index contributed by atoms with van der Waals surface area (Å²) >= 11 is 0. The van der Waals surface area contributed by atoms with E-state index in [-0.39, 0.29) is 5.91 Å². The van der Waals surface area contributed by atoms with E-state index in [1.54, 1.807) is 36.7 Å². The number of nitrogens with zero attached hydrogens (tertiary/aromatic N) is 1. The fourth-order valence-electron chi connectivity index (χ4n) is 2.05. The van der Waals surface area contributed by atoms with Crippen LogP contribution in [0.15, 0.2) is 48.8 Å². The average molecular weight is 341 g/mol. The van der Waals surface area contributed by atoms with Gasteiger partial charge >= 0.3 is 6.09 Å². The van der Waals surface area contributed by atoms with Gasteiger partial charge in [-0.1, -0.05) is 18.2 Å². The van der Waals surface area contributed by atoms with Crippen LogP contribution in [0.4, 0.5) is 4.79 Å². The zero-order valence-electron chi connectivity index (χ0n) is 14.7. The third-order valence-corrected chi connectivity index (χ3v) is 3.23. The predicted octanol–water partition coefficient (Wildman–Crippen LogP) is 3.04. The molecule has 1 aromatic carbocycles. The van der Waals surface area contributed by atoms with E-state index in [1.807, 2.05) is 32.9 Å². The minimum absolute atomic E-state index is 0.157. The summed E-state index contributed by atoms with van der Waals surface area (Å²) in [6.45, 7) is 6.20. The summed E-state index contributed by atoms with van der Waals surface area (Å²) in [6.07, 6.45) is 2.94. The van der Waals surface area contributed by atoms with Gasteiger partial charge in [0, 0.05) is 31.0 Å². The molecule has 0 fully saturated rings. The molecule has 0 atom stereocenters. The van der Waals surface area contributed by atoms with Crippen LogP contribution in [0, 0.1) is 0 Å². The van der Waals surface area contributed by atoms with Crippen LogP contribution in [0.2, 0.25) is 0 Å². The second-order valence-electron chi connectivity index (χ2n) is 6.60. The Morgan fingerprint density at radius 2 is 1.68 bits per heavy atom. The molecule has 132 valence electrons. The number of alkyl carbamates (subject to hydrolysis) is 1. The highest BCUT2D eigenvalue weighted by Gasteiger charge is 2.15. The Kier molecular flexibility index (Phi) is 6.11. The number of benzene rings is 1. The molecule has 1 heterocycles. The van der Waals surface area contributed by atoms with Crippen LogP contribution in [-0.4, -0.2) is 22.6 Å². The molecular formula is C19H23N3O3. The zero-order chi connectivity index (χ0) is 18.3. The van der Waals surface area contributed by atoms with Crippen LogP contribution < -0.4 is 10.6 Å². The maximum atomic E-state index is 12.1. The smallest absolute Gasteiger partial charge is 0.407 e. The molecule has 2 amide bonds. The van der Waals surface area contributed by atoms with E-state index in [1.165, 1.54) is 0 Å². The van der Waals surface area contributed by atoms with Gasteiger partial charge in [-0.05, 0) is 50.1 Å². The standard InChI is InChI=1S/C19H23N3O3/c1-19(2,3)25-18(24)22-12-14-6-8-16(9-7-14)17(23)21-13-15-5-4-10-20-11-15/h4-11H,12-13H2,1-3H3,(H,21,23)(H,22,24). The lowest BCUT2D eigenvalue weighted by atomic mass is 10.1. The molecule has 0 aliphatic rings. The highest BCUT2D eigenvalue weighted by molar-refractivity contribution is 5.94. The minimum Gasteiger partial charge on any atom is -0.444 e. The summed E-state index contributed by atoms with van der Waals surface area (Å²) in [6, 6.07) is 10.8. The van der Waals surface area contributed by atoms with Gasteiger partial charge in [0.2, 0.25) is 0 Å². The van der Waals surface area contributed by atoms with Gasteiger partial charge in [0.1, 0.15) is 5.60 Å². The number of carbonyl (C=O) groups excluding carboxylic acids is 2. The molecule has 0 aliphatic carbocycles. The molecule has 6 heteroatoms. The molecule has 0 saturated carbocycles. The maximum absolute atomic E-state index is 12.1. The van der Waals surface area contributed by atoms with Crippen molar-refractivity contribution in [2.24, 2.45) is 0 Å². The summed E-state index contributed by atoms with van der Waals surface area (Å²) in [5.74, 6) is -0.157. The first kappa shape index (κ1) is 18.4. The van der Waals surface area contributed by atoms with E-state index in [0.717, 1.165) is 11.1 Å². The number of pyridine rings is 1. The molecule has 25 heavy (non-hydrogen) atoms. The number of carbonyl (C=O) groups is 2. The molecular weight excluding hydrogens is 318 g/mol. The van der Waals surface area contributed by atoms with Gasteiger partial charge in [0.05, 0.1) is 0 Å². The van der Waals surface area contributed by atoms with Crippen molar-refractivity contribution in [3.8, 4) is 0 Å². The van der Waals surface area contributed by atoms with Gasteiger partial charge < -0.3 is 15.4 Å². The molecule has 6 nitrogen and oxygen atoms in total. The van der Waals surface area contributed by atoms with Crippen molar-refractivity contribution in [3.05, 3.63) is 65.5 Å². The summed E-state index contributed by atoms with van der Waals surface area (Å²) in [7, 11) is 0. The Labute approximate surface area is 147 Å². The predicted molar refractivity (Wildman–Crippen MR) is 94.9 cm³/mol. The van der Waals surface area contributed by atoms with E-state index in [4.69, 9.17) is 4.74 Å². The van der Waals surface area contributed by atoms with Gasteiger partial charge in [-0.2, -0.15) is 0 Å². The topological polar surface area (TPSA) is 80.3 Å². The van der Waals surface area contributed by atoms with Crippen molar-refractivity contribution in [3.63, 3.8) is 0 Å². The Balaban J connectivity index is 1.82. The Hall–Kier alpha value is -2.89. The van der Waals surface area contributed by atoms with E-state index in [0.29, 0.717) is 18.7 Å². The lowest BCUT2D eigenvalue weighted by Gasteiger charge is -2.19. The fraction of sp³-hybridized carbons (Fsp3) is 0.316. The first-order valence-corrected chi connectivity index (χ1v) is 8.06. The second kappa shape index (κ2) is 8.28. The van der Waals surface area contributed by atoms with Gasteiger partial charge in [-0.25, -0.2) is 4.79 Å². The van der Waals surface area contributed by atoms with Gasteiger partial charge in [0.15, 0.2) is 0 Å². The molecule has 0 unspecified atom stereocenters. The summed E-state index contributed by atoms with van der Waals surface area (Å²) < 4.78 is 5.18. The first-order chi connectivity index (χ1) is 11.8. The third kappa shape index (κ3) is 6.63. The van der Waals surface area contributed by atoms with Crippen molar-refractivity contribution in [1.29, 1.82) is 0 Å². The number of amides is 2. The molecule has 1 aromatic heterocycles. The van der Waals surface area contributed by atoms with Gasteiger partial charge in [0.25, 0.3) is 5.91 Å². The van der Waals surface area contributed by atoms with E-state index >= 15 is 0 Å². The number of aromatic nitrogens is 1. The molecule has 0 radical (unpaired) electrons. The first-order valence-electron chi connectivity index (χ1n) is 8.06. The molecule has 0 aliphatic heterocycles. The fourth-order valence-corrected chi connectivity index (χ4v) is 2.05. The number of rotatable bonds is 5. The monoisotopic (exact) mass is 341 g/mol. The van der Waals surface area contributed by atoms with Crippen LogP contribution in [0.1, 0.15) is 42.3 Å². The summed E-state index contributed by atoms with van der Waals surface area (Å²) in [5, 5.41) is 5.52. The number of hydrogen-bond donors (Lipinski definition) is 2. The lowest BCUT2D eigenvalue weighted by molar-refractivity contribution is 0.0523. The summed E-state index contributed by atoms with van der Waals surface area (Å²) in [4.78, 5) is 27.8. The Bertz CT molecular complexity index is 707. The van der Waals surface area contributed by atoms with Crippen molar-refractivity contribution in [1.82, 2.24) is 15.6 Å². The van der Waals surface area contributed by atoms with Crippen LogP contribution >= 0.6 is 0 Å². The minimum atomic E-state index is -0.527. The van der Waals surface area contributed by atoms with E-state index in [2.05, 4.69) is 15.6 Å². The second-order valence-corrected chi connectivity index (χ2v) is 6.60.